The smallest absolute Gasteiger partial charge is 0.300 e. The lowest BCUT2D eigenvalue weighted by Gasteiger charge is -1.70. The number of carboxylic acid groups (broad SMARTS) is 2. The summed E-state index contributed by atoms with van der Waals surface area (Å²) in [5.41, 5.74) is 0. The van der Waals surface area contributed by atoms with Gasteiger partial charge in [0, 0.05) is 26.2 Å². The molecule has 0 saturated carbocycles. The van der Waals surface area contributed by atoms with Gasteiger partial charge in [-0.05, 0) is 12.1 Å². The van der Waals surface area contributed by atoms with Gasteiger partial charge in [-0.25, -0.2) is 0 Å². The number of hydrogen-bond donors (Lipinski definition) is 2. The van der Waals surface area contributed by atoms with Crippen molar-refractivity contribution >= 4 is 11.9 Å². The quantitative estimate of drug-likeness (QED) is 0.656. The lowest BCUT2D eigenvalue weighted by atomic mass is 10.5. The van der Waals surface area contributed by atoms with Crippen molar-refractivity contribution in [2.75, 3.05) is 0 Å². The van der Waals surface area contributed by atoms with E-state index in [0.29, 0.717) is 0 Å². The molecule has 0 aromatic carbocycles. The highest BCUT2D eigenvalue weighted by Crippen LogP contribution is 1.73. The number of aliphatic carboxylic acids is 2. The largest absolute Gasteiger partial charge is 0.481 e. The molecule has 2 N–H and O–H groups in total. The van der Waals surface area contributed by atoms with E-state index in [1.165, 1.54) is 0 Å². The molecule has 0 aliphatic heterocycles. The van der Waals surface area contributed by atoms with Crippen molar-refractivity contribution in [2.45, 2.75) is 13.8 Å². The third-order valence-electron chi connectivity index (χ3n) is 0.566. The number of aromatic nitrogens is 1. The van der Waals surface area contributed by atoms with Crippen molar-refractivity contribution in [3.63, 3.8) is 0 Å². The van der Waals surface area contributed by atoms with E-state index in [-0.39, 0.29) is 0 Å². The lowest BCUT2D eigenvalue weighted by molar-refractivity contribution is -0.135. The van der Waals surface area contributed by atoms with Crippen molar-refractivity contribution in [3.05, 3.63) is 30.6 Å². The van der Waals surface area contributed by atoms with Crippen LogP contribution in [0.3, 0.4) is 0 Å². The molecule has 1 heterocycles. The summed E-state index contributed by atoms with van der Waals surface area (Å²) < 4.78 is 0. The molecule has 0 saturated heterocycles. The fourth-order valence-electron chi connectivity index (χ4n) is 0.313. The molecule has 0 bridgehead atoms. The minimum Gasteiger partial charge on any atom is -0.481 e. The Labute approximate surface area is 82.0 Å². The third kappa shape index (κ3) is 49.8. The van der Waals surface area contributed by atoms with Gasteiger partial charge in [0.25, 0.3) is 11.9 Å². The lowest BCUT2D eigenvalue weighted by Crippen LogP contribution is -1.78. The van der Waals surface area contributed by atoms with E-state index in [2.05, 4.69) is 4.98 Å². The Morgan fingerprint density at radius 2 is 1.21 bits per heavy atom. The van der Waals surface area contributed by atoms with Gasteiger partial charge in [0.2, 0.25) is 0 Å². The minimum atomic E-state index is -0.833. The molecule has 1 rings (SSSR count). The van der Waals surface area contributed by atoms with Gasteiger partial charge in [-0.3, -0.25) is 14.6 Å². The number of carbonyl (C=O) groups is 2. The van der Waals surface area contributed by atoms with Crippen LogP contribution in [0.15, 0.2) is 30.6 Å². The first-order chi connectivity index (χ1) is 6.46. The number of rotatable bonds is 0. The van der Waals surface area contributed by atoms with E-state index in [0.717, 1.165) is 13.8 Å². The molecule has 78 valence electrons. The minimum absolute atomic E-state index is 0.833. The zero-order valence-electron chi connectivity index (χ0n) is 8.04. The van der Waals surface area contributed by atoms with Crippen molar-refractivity contribution < 1.29 is 19.8 Å². The summed E-state index contributed by atoms with van der Waals surface area (Å²) in [5.74, 6) is -1.67. The Hall–Kier alpha value is -1.91. The van der Waals surface area contributed by atoms with Crippen molar-refractivity contribution in [3.8, 4) is 0 Å². The van der Waals surface area contributed by atoms with Crippen molar-refractivity contribution in [2.24, 2.45) is 0 Å². The fraction of sp³-hybridized carbons (Fsp3) is 0.222. The van der Waals surface area contributed by atoms with Gasteiger partial charge in [-0.15, -0.1) is 0 Å². The van der Waals surface area contributed by atoms with Crippen LogP contribution in [0.1, 0.15) is 13.8 Å². The highest BCUT2D eigenvalue weighted by molar-refractivity contribution is 5.63. The van der Waals surface area contributed by atoms with Gasteiger partial charge in [0.05, 0.1) is 0 Å². The molecule has 1 aromatic rings. The summed E-state index contributed by atoms with van der Waals surface area (Å²) >= 11 is 0. The van der Waals surface area contributed by atoms with Crippen LogP contribution in [-0.2, 0) is 9.59 Å². The maximum atomic E-state index is 9.00. The van der Waals surface area contributed by atoms with E-state index in [1.54, 1.807) is 12.4 Å². The molecule has 0 atom stereocenters. The van der Waals surface area contributed by atoms with Crippen molar-refractivity contribution in [1.29, 1.82) is 0 Å². The second kappa shape index (κ2) is 11.1. The molecule has 14 heavy (non-hydrogen) atoms. The molecule has 0 unspecified atom stereocenters. The zero-order chi connectivity index (χ0) is 11.4. The van der Waals surface area contributed by atoms with Crippen LogP contribution in [0.5, 0.6) is 0 Å². The Bertz CT molecular complexity index is 202. The monoisotopic (exact) mass is 199 g/mol. The molecule has 0 radical (unpaired) electrons. The SMILES string of the molecule is CC(=O)O.CC(=O)O.c1ccncc1. The second-order valence-electron chi connectivity index (χ2n) is 2.06. The topological polar surface area (TPSA) is 87.5 Å². The predicted octanol–water partition coefficient (Wildman–Crippen LogP) is 1.26. The molecule has 0 fully saturated rings. The molecule has 5 heteroatoms. The highest BCUT2D eigenvalue weighted by Gasteiger charge is 1.66. The standard InChI is InChI=1S/C5H5N.2C2H4O2/c1-2-4-6-5-3-1;2*1-2(3)4/h1-5H;2*1H3,(H,3,4). The van der Waals surface area contributed by atoms with Crippen molar-refractivity contribution in [1.82, 2.24) is 4.98 Å². The Balaban J connectivity index is 0. The molecular weight excluding hydrogens is 186 g/mol. The van der Waals surface area contributed by atoms with Gasteiger partial charge in [-0.1, -0.05) is 6.07 Å². The third-order valence-corrected chi connectivity index (χ3v) is 0.566. The van der Waals surface area contributed by atoms with E-state index < -0.39 is 11.9 Å². The van der Waals surface area contributed by atoms with Crippen LogP contribution in [0.2, 0.25) is 0 Å². The summed E-state index contributed by atoms with van der Waals surface area (Å²) in [6.07, 6.45) is 3.50. The average Bonchev–Trinajstić information content (AvgIpc) is 2.05. The van der Waals surface area contributed by atoms with Gasteiger partial charge >= 0.3 is 0 Å². The molecule has 0 amide bonds. The normalized spacial score (nSPS) is 7.00. The van der Waals surface area contributed by atoms with E-state index in [1.807, 2.05) is 18.2 Å². The summed E-state index contributed by atoms with van der Waals surface area (Å²) in [7, 11) is 0. The van der Waals surface area contributed by atoms with E-state index >= 15 is 0 Å². The van der Waals surface area contributed by atoms with Crippen LogP contribution in [0, 0.1) is 0 Å². The number of carboxylic acids is 2. The Morgan fingerprint density at radius 1 is 0.929 bits per heavy atom. The number of nitrogens with zero attached hydrogens (tertiary/aromatic N) is 1. The second-order valence-corrected chi connectivity index (χ2v) is 2.06. The van der Waals surface area contributed by atoms with Gasteiger partial charge in [0.15, 0.2) is 0 Å². The summed E-state index contributed by atoms with van der Waals surface area (Å²) in [5, 5.41) is 14.8. The summed E-state index contributed by atoms with van der Waals surface area (Å²) in [6, 6.07) is 5.72. The van der Waals surface area contributed by atoms with Gasteiger partial charge < -0.3 is 10.2 Å². The predicted molar refractivity (Wildman–Crippen MR) is 50.9 cm³/mol. The maximum Gasteiger partial charge on any atom is 0.300 e. The first-order valence-corrected chi connectivity index (χ1v) is 3.71. The summed E-state index contributed by atoms with van der Waals surface area (Å²) in [4.78, 5) is 21.8. The molecule has 0 spiro atoms. The Kier molecular flexibility index (Phi) is 11.6. The fourth-order valence-corrected chi connectivity index (χ4v) is 0.313. The highest BCUT2D eigenvalue weighted by atomic mass is 16.4. The number of pyridine rings is 1. The zero-order valence-corrected chi connectivity index (χ0v) is 8.04. The molecular formula is C9H13NO4. The first kappa shape index (κ1) is 14.6. The molecule has 1 aromatic heterocycles. The van der Waals surface area contributed by atoms with Crippen LogP contribution >= 0.6 is 0 Å². The van der Waals surface area contributed by atoms with Crippen LogP contribution in [0.25, 0.3) is 0 Å². The molecule has 5 nitrogen and oxygen atoms in total. The van der Waals surface area contributed by atoms with Crippen LogP contribution in [-0.4, -0.2) is 27.1 Å². The Morgan fingerprint density at radius 3 is 1.29 bits per heavy atom. The molecule has 0 aliphatic carbocycles. The maximum absolute atomic E-state index is 9.00. The van der Waals surface area contributed by atoms with Gasteiger partial charge in [-0.2, -0.15) is 0 Å². The van der Waals surface area contributed by atoms with Crippen LogP contribution < -0.4 is 0 Å². The van der Waals surface area contributed by atoms with E-state index in [9.17, 15) is 0 Å². The molecule has 0 aliphatic rings. The summed E-state index contributed by atoms with van der Waals surface area (Å²) in [6.45, 7) is 2.17. The van der Waals surface area contributed by atoms with Crippen LogP contribution in [0.4, 0.5) is 0 Å². The van der Waals surface area contributed by atoms with E-state index in [4.69, 9.17) is 19.8 Å². The number of hydrogen-bond acceptors (Lipinski definition) is 3. The van der Waals surface area contributed by atoms with Gasteiger partial charge in [0.1, 0.15) is 0 Å². The average molecular weight is 199 g/mol. The first-order valence-electron chi connectivity index (χ1n) is 3.71.